The van der Waals surface area contributed by atoms with Gasteiger partial charge in [0.25, 0.3) is 0 Å². The predicted molar refractivity (Wildman–Crippen MR) is 76.0 cm³/mol. The number of H-pyrrole nitrogens is 1. The van der Waals surface area contributed by atoms with Gasteiger partial charge in [0.05, 0.1) is 10.4 Å². The van der Waals surface area contributed by atoms with E-state index < -0.39 is 5.97 Å². The Morgan fingerprint density at radius 3 is 3.00 bits per heavy atom. The summed E-state index contributed by atoms with van der Waals surface area (Å²) in [6.45, 7) is 0.00678. The molecule has 3 rings (SSSR count). The Kier molecular flexibility index (Phi) is 3.65. The molecule has 3 aromatic rings. The van der Waals surface area contributed by atoms with Gasteiger partial charge in [0.2, 0.25) is 5.56 Å². The summed E-state index contributed by atoms with van der Waals surface area (Å²) in [5.41, 5.74) is 0.524. The highest BCUT2D eigenvalue weighted by Crippen LogP contribution is 2.25. The van der Waals surface area contributed by atoms with Crippen LogP contribution in [-0.2, 0) is 11.3 Å². The third-order valence-corrected chi connectivity index (χ3v) is 3.58. The summed E-state index contributed by atoms with van der Waals surface area (Å²) in [5.74, 6) is 0.104. The molecule has 0 fully saturated rings. The van der Waals surface area contributed by atoms with Gasteiger partial charge in [-0.15, -0.1) is 11.3 Å². The molecule has 0 aliphatic rings. The molecule has 0 aromatic carbocycles. The van der Waals surface area contributed by atoms with Crippen molar-refractivity contribution in [3.63, 3.8) is 0 Å². The number of aromatic nitrogens is 2. The molecule has 1 N–H and O–H groups in total. The number of carbonyl (C=O) groups is 1. The quantitative estimate of drug-likeness (QED) is 0.748. The maximum absolute atomic E-state index is 11.8. The van der Waals surface area contributed by atoms with Crippen molar-refractivity contribution >= 4 is 17.3 Å². The van der Waals surface area contributed by atoms with Gasteiger partial charge in [-0.3, -0.25) is 4.79 Å². The van der Waals surface area contributed by atoms with Crippen molar-refractivity contribution in [1.29, 1.82) is 0 Å². The van der Waals surface area contributed by atoms with Crippen molar-refractivity contribution < 1.29 is 14.1 Å². The normalized spacial score (nSPS) is 10.5. The predicted octanol–water partition coefficient (Wildman–Crippen LogP) is 2.45. The van der Waals surface area contributed by atoms with E-state index in [1.165, 1.54) is 29.7 Å². The third-order valence-electron chi connectivity index (χ3n) is 2.69. The zero-order valence-electron chi connectivity index (χ0n) is 10.7. The topological polar surface area (TPSA) is 85.2 Å². The first-order valence-electron chi connectivity index (χ1n) is 6.08. The SMILES string of the molecule is O=C(OCc1cc(-c2cccs2)on1)c1ccc(=O)[nH]c1. The van der Waals surface area contributed by atoms with Gasteiger partial charge in [-0.25, -0.2) is 4.79 Å². The first kappa shape index (κ1) is 13.3. The van der Waals surface area contributed by atoms with Gasteiger partial charge < -0.3 is 14.2 Å². The molecule has 0 unspecified atom stereocenters. The number of esters is 1. The number of pyridine rings is 1. The molecular weight excluding hydrogens is 292 g/mol. The lowest BCUT2D eigenvalue weighted by atomic mass is 10.3. The number of thiophene rings is 1. The van der Waals surface area contributed by atoms with Crippen LogP contribution in [0.25, 0.3) is 10.6 Å². The molecule has 0 aliphatic carbocycles. The zero-order chi connectivity index (χ0) is 14.7. The van der Waals surface area contributed by atoms with Crippen LogP contribution in [0.1, 0.15) is 16.1 Å². The summed E-state index contributed by atoms with van der Waals surface area (Å²) in [7, 11) is 0. The van der Waals surface area contributed by atoms with Crippen LogP contribution in [0.2, 0.25) is 0 Å². The molecule has 3 aromatic heterocycles. The summed E-state index contributed by atoms with van der Waals surface area (Å²) < 4.78 is 10.3. The average Bonchev–Trinajstić information content (AvgIpc) is 3.16. The van der Waals surface area contributed by atoms with Crippen LogP contribution in [0, 0.1) is 0 Å². The summed E-state index contributed by atoms with van der Waals surface area (Å²) in [4.78, 5) is 26.0. The first-order valence-corrected chi connectivity index (χ1v) is 6.96. The molecule has 0 atom stereocenters. The molecule has 6 nitrogen and oxygen atoms in total. The summed E-state index contributed by atoms with van der Waals surface area (Å²) in [6, 6.07) is 8.23. The Labute approximate surface area is 123 Å². The molecule has 0 bridgehead atoms. The van der Waals surface area contributed by atoms with Crippen LogP contribution in [0.15, 0.2) is 51.2 Å². The second-order valence-corrected chi connectivity index (χ2v) is 5.13. The minimum absolute atomic E-state index is 0.00678. The van der Waals surface area contributed by atoms with Crippen LogP contribution >= 0.6 is 11.3 Å². The van der Waals surface area contributed by atoms with E-state index in [1.54, 1.807) is 6.07 Å². The average molecular weight is 302 g/mol. The van der Waals surface area contributed by atoms with E-state index in [1.807, 2.05) is 17.5 Å². The molecular formula is C14H10N2O4S. The van der Waals surface area contributed by atoms with E-state index in [4.69, 9.17) is 9.26 Å². The number of aromatic amines is 1. The maximum Gasteiger partial charge on any atom is 0.340 e. The van der Waals surface area contributed by atoms with Gasteiger partial charge in [-0.2, -0.15) is 0 Å². The second-order valence-electron chi connectivity index (χ2n) is 4.18. The lowest BCUT2D eigenvalue weighted by Gasteiger charge is -2.01. The Hall–Kier alpha value is -2.67. The smallest absolute Gasteiger partial charge is 0.340 e. The molecule has 0 saturated carbocycles. The summed E-state index contributed by atoms with van der Waals surface area (Å²) >= 11 is 1.54. The molecule has 0 radical (unpaired) electrons. The van der Waals surface area contributed by atoms with Gasteiger partial charge in [0.1, 0.15) is 12.3 Å². The van der Waals surface area contributed by atoms with E-state index in [0.717, 1.165) is 4.88 Å². The van der Waals surface area contributed by atoms with Crippen molar-refractivity contribution in [1.82, 2.24) is 10.1 Å². The number of nitrogens with zero attached hydrogens (tertiary/aromatic N) is 1. The van der Waals surface area contributed by atoms with Gasteiger partial charge in [0, 0.05) is 18.3 Å². The maximum atomic E-state index is 11.8. The highest BCUT2D eigenvalue weighted by atomic mass is 32.1. The van der Waals surface area contributed by atoms with Gasteiger partial charge in [-0.1, -0.05) is 11.2 Å². The Balaban J connectivity index is 1.64. The number of hydrogen-bond acceptors (Lipinski definition) is 6. The van der Waals surface area contributed by atoms with Crippen LogP contribution in [0.3, 0.4) is 0 Å². The minimum Gasteiger partial charge on any atom is -0.455 e. The molecule has 3 heterocycles. The summed E-state index contributed by atoms with van der Waals surface area (Å²) in [5, 5.41) is 5.79. The number of ether oxygens (including phenoxy) is 1. The molecule has 0 aliphatic heterocycles. The number of hydrogen-bond donors (Lipinski definition) is 1. The number of nitrogens with one attached hydrogen (secondary N) is 1. The molecule has 21 heavy (non-hydrogen) atoms. The Morgan fingerprint density at radius 1 is 1.38 bits per heavy atom. The van der Waals surface area contributed by atoms with E-state index in [-0.39, 0.29) is 17.7 Å². The van der Waals surface area contributed by atoms with Gasteiger partial charge in [0.15, 0.2) is 5.76 Å². The summed E-state index contributed by atoms with van der Waals surface area (Å²) in [6.07, 6.45) is 1.31. The Morgan fingerprint density at radius 2 is 2.29 bits per heavy atom. The van der Waals surface area contributed by atoms with Crippen molar-refractivity contribution in [2.45, 2.75) is 6.61 Å². The van der Waals surface area contributed by atoms with Crippen molar-refractivity contribution in [2.75, 3.05) is 0 Å². The Bertz CT molecular complexity index is 784. The lowest BCUT2D eigenvalue weighted by molar-refractivity contribution is 0.0464. The van der Waals surface area contributed by atoms with Crippen LogP contribution < -0.4 is 5.56 Å². The van der Waals surface area contributed by atoms with Gasteiger partial charge in [-0.05, 0) is 17.5 Å². The lowest BCUT2D eigenvalue weighted by Crippen LogP contribution is -2.09. The van der Waals surface area contributed by atoms with Crippen molar-refractivity contribution in [3.05, 3.63) is 63.5 Å². The number of carbonyl (C=O) groups excluding carboxylic acids is 1. The second kappa shape index (κ2) is 5.76. The molecule has 0 amide bonds. The highest BCUT2D eigenvalue weighted by molar-refractivity contribution is 7.13. The first-order chi connectivity index (χ1) is 10.2. The fourth-order valence-corrected chi connectivity index (χ4v) is 2.35. The van der Waals surface area contributed by atoms with Crippen LogP contribution in [-0.4, -0.2) is 16.1 Å². The molecule has 7 heteroatoms. The molecule has 0 saturated heterocycles. The van der Waals surface area contributed by atoms with Crippen LogP contribution in [0.5, 0.6) is 0 Å². The zero-order valence-corrected chi connectivity index (χ0v) is 11.6. The van der Waals surface area contributed by atoms with E-state index in [2.05, 4.69) is 10.1 Å². The van der Waals surface area contributed by atoms with Crippen molar-refractivity contribution in [3.8, 4) is 10.6 Å². The monoisotopic (exact) mass is 302 g/mol. The fourth-order valence-electron chi connectivity index (χ4n) is 1.68. The van der Waals surface area contributed by atoms with Crippen molar-refractivity contribution in [2.24, 2.45) is 0 Å². The largest absolute Gasteiger partial charge is 0.455 e. The van der Waals surface area contributed by atoms with E-state index in [9.17, 15) is 9.59 Å². The molecule has 106 valence electrons. The minimum atomic E-state index is -0.535. The number of rotatable bonds is 4. The fraction of sp³-hybridized carbons (Fsp3) is 0.0714. The third kappa shape index (κ3) is 3.09. The molecule has 0 spiro atoms. The van der Waals surface area contributed by atoms with Crippen LogP contribution in [0.4, 0.5) is 0 Å². The van der Waals surface area contributed by atoms with E-state index in [0.29, 0.717) is 11.5 Å². The highest BCUT2D eigenvalue weighted by Gasteiger charge is 2.11. The standard InChI is InChI=1S/C14H10N2O4S/c17-13-4-3-9(7-15-13)14(18)19-8-10-6-11(20-16-10)12-2-1-5-21-12/h1-7H,8H2,(H,15,17). The van der Waals surface area contributed by atoms with E-state index >= 15 is 0 Å². The van der Waals surface area contributed by atoms with Gasteiger partial charge >= 0.3 is 5.97 Å².